The minimum atomic E-state index is -0.570. The van der Waals surface area contributed by atoms with Gasteiger partial charge in [0.1, 0.15) is 0 Å². The summed E-state index contributed by atoms with van der Waals surface area (Å²) < 4.78 is 2.56. The van der Waals surface area contributed by atoms with Gasteiger partial charge in [-0.3, -0.25) is 4.79 Å². The van der Waals surface area contributed by atoms with E-state index in [4.69, 9.17) is 5.73 Å². The number of aryl methyl sites for hydroxylation is 1. The first-order valence-corrected chi connectivity index (χ1v) is 5.78. The van der Waals surface area contributed by atoms with Gasteiger partial charge in [-0.05, 0) is 31.5 Å². The third-order valence-corrected chi connectivity index (χ3v) is 3.38. The van der Waals surface area contributed by atoms with Gasteiger partial charge in [-0.25, -0.2) is 4.68 Å². The predicted molar refractivity (Wildman–Crippen MR) is 67.1 cm³/mol. The average molecular weight is 295 g/mol. The van der Waals surface area contributed by atoms with Crippen molar-refractivity contribution in [3.63, 3.8) is 0 Å². The molecule has 0 radical (unpaired) electrons. The summed E-state index contributed by atoms with van der Waals surface area (Å²) in [6, 6.07) is 5.79. The Morgan fingerprint density at radius 3 is 2.65 bits per heavy atom. The van der Waals surface area contributed by atoms with Crippen LogP contribution in [0.3, 0.4) is 0 Å². The number of primary amides is 1. The van der Waals surface area contributed by atoms with Crippen molar-refractivity contribution in [3.05, 3.63) is 39.6 Å². The van der Waals surface area contributed by atoms with Crippen LogP contribution in [0.5, 0.6) is 0 Å². The number of nitrogens with zero attached hydrogens (tertiary/aromatic N) is 3. The zero-order chi connectivity index (χ0) is 12.6. The lowest BCUT2D eigenvalue weighted by atomic mass is 10.2. The second-order valence-electron chi connectivity index (χ2n) is 3.73. The molecule has 0 fully saturated rings. The number of amides is 1. The molecule has 0 saturated carbocycles. The van der Waals surface area contributed by atoms with E-state index in [0.717, 1.165) is 15.7 Å². The topological polar surface area (TPSA) is 73.8 Å². The molecule has 0 unspecified atom stereocenters. The minimum absolute atomic E-state index is 0.196. The molecule has 17 heavy (non-hydrogen) atoms. The van der Waals surface area contributed by atoms with Crippen molar-refractivity contribution in [1.29, 1.82) is 0 Å². The molecule has 6 heteroatoms. The Morgan fingerprint density at radius 1 is 1.41 bits per heavy atom. The molecule has 0 atom stereocenters. The molecule has 1 amide bonds. The smallest absolute Gasteiger partial charge is 0.271 e. The number of hydrogen-bond acceptors (Lipinski definition) is 3. The molecule has 88 valence electrons. The Labute approximate surface area is 107 Å². The molecule has 0 bridgehead atoms. The molecular formula is C11H11BrN4O. The van der Waals surface area contributed by atoms with E-state index in [1.165, 1.54) is 0 Å². The minimum Gasteiger partial charge on any atom is -0.364 e. The van der Waals surface area contributed by atoms with Crippen molar-refractivity contribution in [2.45, 2.75) is 13.8 Å². The van der Waals surface area contributed by atoms with Gasteiger partial charge in [-0.15, -0.1) is 5.10 Å². The number of benzene rings is 1. The van der Waals surface area contributed by atoms with Crippen molar-refractivity contribution in [3.8, 4) is 5.69 Å². The van der Waals surface area contributed by atoms with E-state index >= 15 is 0 Å². The van der Waals surface area contributed by atoms with Gasteiger partial charge in [0, 0.05) is 4.47 Å². The molecule has 0 saturated heterocycles. The summed E-state index contributed by atoms with van der Waals surface area (Å²) >= 11 is 3.45. The van der Waals surface area contributed by atoms with E-state index in [9.17, 15) is 4.79 Å². The first kappa shape index (κ1) is 11.8. The summed E-state index contributed by atoms with van der Waals surface area (Å²) in [5.41, 5.74) is 7.98. The van der Waals surface area contributed by atoms with Crippen LogP contribution in [0.15, 0.2) is 22.7 Å². The van der Waals surface area contributed by atoms with E-state index in [2.05, 4.69) is 26.2 Å². The van der Waals surface area contributed by atoms with Crippen LogP contribution in [-0.2, 0) is 0 Å². The molecule has 2 N–H and O–H groups in total. The number of nitrogens with two attached hydrogens (primary N) is 1. The fourth-order valence-electron chi connectivity index (χ4n) is 1.52. The lowest BCUT2D eigenvalue weighted by Gasteiger charge is -2.05. The molecule has 1 heterocycles. The fraction of sp³-hybridized carbons (Fsp3) is 0.182. The largest absolute Gasteiger partial charge is 0.364 e. The zero-order valence-electron chi connectivity index (χ0n) is 9.44. The molecule has 0 spiro atoms. The third kappa shape index (κ3) is 2.08. The highest BCUT2D eigenvalue weighted by Gasteiger charge is 2.14. The number of rotatable bonds is 2. The first-order chi connectivity index (χ1) is 8.00. The van der Waals surface area contributed by atoms with Crippen molar-refractivity contribution in [2.24, 2.45) is 5.73 Å². The van der Waals surface area contributed by atoms with Gasteiger partial charge in [0.2, 0.25) is 0 Å². The second-order valence-corrected chi connectivity index (χ2v) is 4.59. The molecular weight excluding hydrogens is 284 g/mol. The standard InChI is InChI=1S/C11H11BrN4O/c1-6-3-4-8(5-9(6)12)16-7(2)10(11(13)17)14-15-16/h3-5H,1-2H3,(H2,13,17). The van der Waals surface area contributed by atoms with Gasteiger partial charge in [-0.2, -0.15) is 0 Å². The summed E-state index contributed by atoms with van der Waals surface area (Å²) in [6.07, 6.45) is 0. The maximum atomic E-state index is 11.1. The van der Waals surface area contributed by atoms with Crippen LogP contribution in [0.2, 0.25) is 0 Å². The molecule has 0 aliphatic carbocycles. The van der Waals surface area contributed by atoms with Gasteiger partial charge in [0.15, 0.2) is 5.69 Å². The number of hydrogen-bond donors (Lipinski definition) is 1. The van der Waals surface area contributed by atoms with Crippen LogP contribution < -0.4 is 5.73 Å². The quantitative estimate of drug-likeness (QED) is 0.917. The summed E-state index contributed by atoms with van der Waals surface area (Å²) in [7, 11) is 0. The maximum Gasteiger partial charge on any atom is 0.271 e. The molecule has 1 aromatic carbocycles. The molecule has 1 aromatic heterocycles. The highest BCUT2D eigenvalue weighted by molar-refractivity contribution is 9.10. The Morgan fingerprint density at radius 2 is 2.12 bits per heavy atom. The average Bonchev–Trinajstić information content (AvgIpc) is 2.64. The van der Waals surface area contributed by atoms with Crippen molar-refractivity contribution in [2.75, 3.05) is 0 Å². The van der Waals surface area contributed by atoms with Crippen LogP contribution in [0.4, 0.5) is 0 Å². The Balaban J connectivity index is 2.53. The van der Waals surface area contributed by atoms with Gasteiger partial charge >= 0.3 is 0 Å². The van der Waals surface area contributed by atoms with E-state index in [0.29, 0.717) is 5.69 Å². The highest BCUT2D eigenvalue weighted by Crippen LogP contribution is 2.20. The summed E-state index contributed by atoms with van der Waals surface area (Å²) in [6.45, 7) is 3.75. The van der Waals surface area contributed by atoms with Crippen LogP contribution in [-0.4, -0.2) is 20.9 Å². The van der Waals surface area contributed by atoms with Crippen LogP contribution >= 0.6 is 15.9 Å². The lowest BCUT2D eigenvalue weighted by molar-refractivity contribution is 0.0995. The molecule has 2 aromatic rings. The molecule has 2 rings (SSSR count). The molecule has 5 nitrogen and oxygen atoms in total. The Kier molecular flexibility index (Phi) is 2.97. The fourth-order valence-corrected chi connectivity index (χ4v) is 1.88. The SMILES string of the molecule is Cc1ccc(-n2nnc(C(N)=O)c2C)cc1Br. The van der Waals surface area contributed by atoms with E-state index in [-0.39, 0.29) is 5.69 Å². The van der Waals surface area contributed by atoms with Gasteiger partial charge in [0.25, 0.3) is 5.91 Å². The first-order valence-electron chi connectivity index (χ1n) is 4.99. The zero-order valence-corrected chi connectivity index (χ0v) is 11.0. The van der Waals surface area contributed by atoms with E-state index < -0.39 is 5.91 Å². The van der Waals surface area contributed by atoms with E-state index in [1.54, 1.807) is 11.6 Å². The number of carbonyl (C=O) groups is 1. The van der Waals surface area contributed by atoms with Crippen molar-refractivity contribution in [1.82, 2.24) is 15.0 Å². The summed E-state index contributed by atoms with van der Waals surface area (Å²) in [4.78, 5) is 11.1. The van der Waals surface area contributed by atoms with Gasteiger partial charge in [-0.1, -0.05) is 27.2 Å². The lowest BCUT2D eigenvalue weighted by Crippen LogP contribution is -2.13. The van der Waals surface area contributed by atoms with Gasteiger partial charge in [0.05, 0.1) is 11.4 Å². The number of halogens is 1. The van der Waals surface area contributed by atoms with Crippen molar-refractivity contribution >= 4 is 21.8 Å². The van der Waals surface area contributed by atoms with E-state index in [1.807, 2.05) is 25.1 Å². The molecule has 0 aliphatic rings. The summed E-state index contributed by atoms with van der Waals surface area (Å²) in [5.74, 6) is -0.570. The molecule has 0 aliphatic heterocycles. The monoisotopic (exact) mass is 294 g/mol. The summed E-state index contributed by atoms with van der Waals surface area (Å²) in [5, 5.41) is 7.69. The van der Waals surface area contributed by atoms with Crippen LogP contribution in [0, 0.1) is 13.8 Å². The Hall–Kier alpha value is -1.69. The van der Waals surface area contributed by atoms with Crippen LogP contribution in [0.25, 0.3) is 5.69 Å². The van der Waals surface area contributed by atoms with Gasteiger partial charge < -0.3 is 5.73 Å². The van der Waals surface area contributed by atoms with Crippen molar-refractivity contribution < 1.29 is 4.79 Å². The second kappa shape index (κ2) is 4.29. The Bertz CT molecular complexity index is 591. The number of carbonyl (C=O) groups excluding carboxylic acids is 1. The maximum absolute atomic E-state index is 11.1. The third-order valence-electron chi connectivity index (χ3n) is 2.53. The predicted octanol–water partition coefficient (Wildman–Crippen LogP) is 1.75. The highest BCUT2D eigenvalue weighted by atomic mass is 79.9. The number of aromatic nitrogens is 3. The normalized spacial score (nSPS) is 10.5. The van der Waals surface area contributed by atoms with Crippen LogP contribution in [0.1, 0.15) is 21.7 Å².